The minimum absolute atomic E-state index is 0.0401. The normalized spacial score (nSPS) is 30.9. The van der Waals surface area contributed by atoms with Gasteiger partial charge in [-0.3, -0.25) is 14.6 Å². The van der Waals surface area contributed by atoms with Gasteiger partial charge in [0, 0.05) is 32.2 Å². The lowest BCUT2D eigenvalue weighted by Gasteiger charge is -2.44. The summed E-state index contributed by atoms with van der Waals surface area (Å²) in [5, 5.41) is 7.01. The Bertz CT molecular complexity index is 783. The maximum atomic E-state index is 13.3. The molecule has 1 aliphatic carbocycles. The number of piperazine rings is 1. The number of aryl methyl sites for hydroxylation is 1. The Kier molecular flexibility index (Phi) is 5.19. The Hall–Kier alpha value is -1.93. The average Bonchev–Trinajstić information content (AvgIpc) is 3.11. The van der Waals surface area contributed by atoms with Gasteiger partial charge in [-0.05, 0) is 37.5 Å². The minimum atomic E-state index is -0.718. The van der Waals surface area contributed by atoms with Crippen LogP contribution in [0.4, 0.5) is 4.79 Å². The van der Waals surface area contributed by atoms with Crippen molar-refractivity contribution in [1.29, 1.82) is 0 Å². The van der Waals surface area contributed by atoms with Crippen molar-refractivity contribution in [2.45, 2.75) is 59.0 Å². The first-order valence-corrected chi connectivity index (χ1v) is 10.7. The fourth-order valence-electron chi connectivity index (χ4n) is 5.63. The molecule has 8 heteroatoms. The van der Waals surface area contributed by atoms with E-state index in [2.05, 4.69) is 41.0 Å². The average molecular weight is 404 g/mol. The lowest BCUT2D eigenvalue weighted by atomic mass is 9.64. The first-order chi connectivity index (χ1) is 13.7. The number of hydrogen-bond acceptors (Lipinski definition) is 6. The number of nitrogens with one attached hydrogen (secondary N) is 1. The van der Waals surface area contributed by atoms with Crippen LogP contribution in [0.15, 0.2) is 10.6 Å². The second kappa shape index (κ2) is 7.40. The second-order valence-corrected chi connectivity index (χ2v) is 10.1. The zero-order chi connectivity index (χ0) is 20.8. The Morgan fingerprint density at radius 3 is 2.48 bits per heavy atom. The van der Waals surface area contributed by atoms with Crippen LogP contribution >= 0.6 is 0 Å². The summed E-state index contributed by atoms with van der Waals surface area (Å²) in [4.78, 5) is 31.9. The number of rotatable bonds is 4. The topological polar surface area (TPSA) is 81.9 Å². The number of imide groups is 1. The van der Waals surface area contributed by atoms with Gasteiger partial charge in [-0.15, -0.1) is 0 Å². The Balaban J connectivity index is 1.34. The third-order valence-electron chi connectivity index (χ3n) is 6.49. The molecule has 8 nitrogen and oxygen atoms in total. The number of aromatic nitrogens is 1. The molecule has 1 aromatic heterocycles. The van der Waals surface area contributed by atoms with E-state index < -0.39 is 5.54 Å². The number of nitrogens with zero attached hydrogens (tertiary/aromatic N) is 4. The lowest BCUT2D eigenvalue weighted by molar-refractivity contribution is -0.136. The summed E-state index contributed by atoms with van der Waals surface area (Å²) in [6.07, 6.45) is 2.54. The van der Waals surface area contributed by atoms with Crippen molar-refractivity contribution in [3.63, 3.8) is 0 Å². The van der Waals surface area contributed by atoms with Crippen LogP contribution in [0.1, 0.15) is 51.5 Å². The molecule has 29 heavy (non-hydrogen) atoms. The van der Waals surface area contributed by atoms with E-state index in [9.17, 15) is 9.59 Å². The molecular weight excluding hydrogens is 370 g/mol. The molecule has 4 rings (SSSR count). The summed E-state index contributed by atoms with van der Waals surface area (Å²) < 4.78 is 5.31. The van der Waals surface area contributed by atoms with E-state index in [1.807, 2.05) is 13.0 Å². The van der Waals surface area contributed by atoms with E-state index in [0.29, 0.717) is 12.6 Å². The summed E-state index contributed by atoms with van der Waals surface area (Å²) in [6.45, 7) is 13.0. The largest absolute Gasteiger partial charge is 0.360 e. The number of hydrogen-bond donors (Lipinski definition) is 1. The molecule has 2 aliphatic heterocycles. The maximum Gasteiger partial charge on any atom is 0.326 e. The summed E-state index contributed by atoms with van der Waals surface area (Å²) in [5.41, 5.74) is 0.234. The zero-order valence-corrected chi connectivity index (χ0v) is 18.0. The quantitative estimate of drug-likeness (QED) is 0.776. The number of carbonyl (C=O) groups excluding carboxylic acids is 2. The zero-order valence-electron chi connectivity index (χ0n) is 18.0. The molecule has 0 aromatic carbocycles. The summed E-state index contributed by atoms with van der Waals surface area (Å²) >= 11 is 0. The number of amides is 3. The van der Waals surface area contributed by atoms with Gasteiger partial charge in [0.25, 0.3) is 5.91 Å². The molecule has 3 aliphatic rings. The van der Waals surface area contributed by atoms with Gasteiger partial charge >= 0.3 is 6.03 Å². The fourth-order valence-corrected chi connectivity index (χ4v) is 5.63. The molecule has 1 saturated carbocycles. The van der Waals surface area contributed by atoms with Crippen molar-refractivity contribution in [2.24, 2.45) is 11.3 Å². The van der Waals surface area contributed by atoms with E-state index in [1.54, 1.807) is 0 Å². The lowest BCUT2D eigenvalue weighted by Crippen LogP contribution is -2.55. The molecule has 2 saturated heterocycles. The third-order valence-corrected chi connectivity index (χ3v) is 6.49. The van der Waals surface area contributed by atoms with E-state index >= 15 is 0 Å². The van der Waals surface area contributed by atoms with Crippen LogP contribution < -0.4 is 5.32 Å². The second-order valence-electron chi connectivity index (χ2n) is 10.1. The Labute approximate surface area is 172 Å². The Morgan fingerprint density at radius 2 is 1.86 bits per heavy atom. The molecule has 3 fully saturated rings. The van der Waals surface area contributed by atoms with Crippen LogP contribution in [0.5, 0.6) is 0 Å². The summed E-state index contributed by atoms with van der Waals surface area (Å²) in [7, 11) is 0. The van der Waals surface area contributed by atoms with Crippen LogP contribution in [0.3, 0.4) is 0 Å². The van der Waals surface area contributed by atoms with Gasteiger partial charge in [-0.1, -0.05) is 25.9 Å². The van der Waals surface area contributed by atoms with Crippen molar-refractivity contribution in [3.8, 4) is 0 Å². The molecule has 1 aromatic rings. The molecule has 2 unspecified atom stereocenters. The van der Waals surface area contributed by atoms with Gasteiger partial charge in [-0.2, -0.15) is 0 Å². The molecular formula is C21H33N5O3. The summed E-state index contributed by atoms with van der Waals surface area (Å²) in [5.74, 6) is 1.26. The van der Waals surface area contributed by atoms with Crippen LogP contribution in [0.2, 0.25) is 0 Å². The molecule has 3 amide bonds. The molecule has 1 N–H and O–H groups in total. The fraction of sp³-hybridized carbons (Fsp3) is 0.762. The van der Waals surface area contributed by atoms with Crippen molar-refractivity contribution < 1.29 is 14.1 Å². The monoisotopic (exact) mass is 403 g/mol. The highest BCUT2D eigenvalue weighted by Crippen LogP contribution is 2.46. The first-order valence-electron chi connectivity index (χ1n) is 10.7. The predicted molar refractivity (Wildman–Crippen MR) is 108 cm³/mol. The molecule has 0 radical (unpaired) electrons. The highest BCUT2D eigenvalue weighted by Gasteiger charge is 2.56. The molecule has 1 spiro atoms. The third kappa shape index (κ3) is 4.19. The van der Waals surface area contributed by atoms with Gasteiger partial charge in [0.2, 0.25) is 0 Å². The number of urea groups is 1. The van der Waals surface area contributed by atoms with Crippen LogP contribution in [-0.2, 0) is 11.3 Å². The van der Waals surface area contributed by atoms with Crippen molar-refractivity contribution >= 4 is 11.9 Å². The van der Waals surface area contributed by atoms with E-state index in [4.69, 9.17) is 4.52 Å². The van der Waals surface area contributed by atoms with E-state index in [1.165, 1.54) is 4.90 Å². The van der Waals surface area contributed by atoms with Gasteiger partial charge in [0.1, 0.15) is 5.54 Å². The highest BCUT2D eigenvalue weighted by molar-refractivity contribution is 6.07. The Morgan fingerprint density at radius 1 is 1.17 bits per heavy atom. The first kappa shape index (κ1) is 20.3. The van der Waals surface area contributed by atoms with E-state index in [0.717, 1.165) is 63.4 Å². The van der Waals surface area contributed by atoms with Gasteiger partial charge in [0.05, 0.1) is 18.9 Å². The molecule has 2 atom stereocenters. The van der Waals surface area contributed by atoms with Crippen molar-refractivity contribution in [2.75, 3.05) is 32.8 Å². The van der Waals surface area contributed by atoms with Crippen LogP contribution in [0.25, 0.3) is 0 Å². The SMILES string of the molecule is Cc1cc(CN2CCN(CN3C(=O)NC4(CC(C)CC(C)(C)C4)C3=O)CC2)on1. The molecule has 160 valence electrons. The summed E-state index contributed by atoms with van der Waals surface area (Å²) in [6, 6.07) is 1.73. The highest BCUT2D eigenvalue weighted by atomic mass is 16.5. The standard InChI is InChI=1S/C21H33N5O3/c1-15-10-20(3,4)13-21(11-15)18(27)26(19(28)22-21)14-25-7-5-24(6-8-25)12-17-9-16(2)23-29-17/h9,15H,5-8,10-14H2,1-4H3,(H,22,28). The minimum Gasteiger partial charge on any atom is -0.360 e. The van der Waals surface area contributed by atoms with Crippen LogP contribution in [0, 0.1) is 18.3 Å². The molecule has 0 bridgehead atoms. The van der Waals surface area contributed by atoms with Crippen LogP contribution in [-0.4, -0.2) is 70.2 Å². The van der Waals surface area contributed by atoms with Gasteiger partial charge < -0.3 is 9.84 Å². The predicted octanol–water partition coefficient (Wildman–Crippen LogP) is 2.19. The number of carbonyl (C=O) groups is 2. The van der Waals surface area contributed by atoms with Crippen molar-refractivity contribution in [3.05, 3.63) is 17.5 Å². The van der Waals surface area contributed by atoms with E-state index in [-0.39, 0.29) is 17.4 Å². The van der Waals surface area contributed by atoms with Gasteiger partial charge in [0.15, 0.2) is 5.76 Å². The molecule has 3 heterocycles. The smallest absolute Gasteiger partial charge is 0.326 e. The maximum absolute atomic E-state index is 13.3. The van der Waals surface area contributed by atoms with Crippen molar-refractivity contribution in [1.82, 2.24) is 25.2 Å². The van der Waals surface area contributed by atoms with Gasteiger partial charge in [-0.25, -0.2) is 9.69 Å².